The molecule has 0 saturated heterocycles. The second-order valence-corrected chi connectivity index (χ2v) is 9.70. The second kappa shape index (κ2) is 11.0. The number of hydrogen-bond acceptors (Lipinski definition) is 7. The van der Waals surface area contributed by atoms with Crippen LogP contribution in [0.4, 0.5) is 24.7 Å². The number of benzene rings is 2. The van der Waals surface area contributed by atoms with Crippen LogP contribution in [0.5, 0.6) is 0 Å². The van der Waals surface area contributed by atoms with Crippen LogP contribution in [-0.4, -0.2) is 27.5 Å². The van der Waals surface area contributed by atoms with E-state index < -0.39 is 28.4 Å². The molecular weight excluding hydrogens is 513 g/mol. The fraction of sp³-hybridized carbons (Fsp3) is 0.393. The SMILES string of the molecule is CCOC(=O)C1CC=C(c2cc(C)c3nc(C)nc(N[C@H](C)c4cc([N+](=O)[O-])cc(C(F)(F)F)c4)c3c2)CC1. The number of allylic oxidation sites excluding steroid dienone is 2. The Labute approximate surface area is 223 Å². The van der Waals surface area contributed by atoms with E-state index in [1.807, 2.05) is 25.1 Å². The highest BCUT2D eigenvalue weighted by Gasteiger charge is 2.33. The Hall–Kier alpha value is -4.02. The molecule has 1 heterocycles. The summed E-state index contributed by atoms with van der Waals surface area (Å²) in [5.74, 6) is 0.519. The number of carbonyl (C=O) groups excluding carboxylic acids is 1. The molecule has 1 aliphatic rings. The van der Waals surface area contributed by atoms with Crippen molar-refractivity contribution in [1.82, 2.24) is 9.97 Å². The molecule has 0 aliphatic heterocycles. The topological polar surface area (TPSA) is 107 Å². The molecule has 0 spiro atoms. The van der Waals surface area contributed by atoms with Gasteiger partial charge in [0.15, 0.2) is 0 Å². The minimum atomic E-state index is -4.73. The van der Waals surface area contributed by atoms with Gasteiger partial charge in [-0.1, -0.05) is 6.08 Å². The zero-order chi connectivity index (χ0) is 28.5. The summed E-state index contributed by atoms with van der Waals surface area (Å²) in [6, 6.07) is 5.79. The highest BCUT2D eigenvalue weighted by atomic mass is 19.4. The lowest BCUT2D eigenvalue weighted by molar-refractivity contribution is -0.385. The summed E-state index contributed by atoms with van der Waals surface area (Å²) in [4.78, 5) is 31.7. The molecule has 0 bridgehead atoms. The number of nitrogens with one attached hydrogen (secondary N) is 1. The van der Waals surface area contributed by atoms with Crippen LogP contribution in [0.3, 0.4) is 0 Å². The van der Waals surface area contributed by atoms with E-state index in [1.54, 1.807) is 20.8 Å². The average molecular weight is 543 g/mol. The first-order valence-corrected chi connectivity index (χ1v) is 12.7. The molecule has 0 saturated carbocycles. The number of nitro benzene ring substituents is 1. The number of non-ortho nitro benzene ring substituents is 1. The molecule has 8 nitrogen and oxygen atoms in total. The van der Waals surface area contributed by atoms with Crippen molar-refractivity contribution >= 4 is 34.0 Å². The molecule has 2 atom stereocenters. The largest absolute Gasteiger partial charge is 0.466 e. The van der Waals surface area contributed by atoms with E-state index >= 15 is 0 Å². The van der Waals surface area contributed by atoms with Crippen LogP contribution in [0.1, 0.15) is 67.2 Å². The maximum absolute atomic E-state index is 13.4. The summed E-state index contributed by atoms with van der Waals surface area (Å²) >= 11 is 0. The normalized spacial score (nSPS) is 16.5. The number of aromatic nitrogens is 2. The van der Waals surface area contributed by atoms with Gasteiger partial charge in [0.25, 0.3) is 5.69 Å². The number of hydrogen-bond donors (Lipinski definition) is 1. The van der Waals surface area contributed by atoms with E-state index in [0.29, 0.717) is 54.5 Å². The molecule has 1 aliphatic carbocycles. The van der Waals surface area contributed by atoms with E-state index in [2.05, 4.69) is 15.3 Å². The van der Waals surface area contributed by atoms with Crippen LogP contribution < -0.4 is 5.32 Å². The first-order valence-electron chi connectivity index (χ1n) is 12.7. The van der Waals surface area contributed by atoms with Crippen molar-refractivity contribution in [3.05, 3.63) is 74.6 Å². The number of ether oxygens (including phenoxy) is 1. The van der Waals surface area contributed by atoms with Gasteiger partial charge in [0.05, 0.1) is 34.6 Å². The predicted molar refractivity (Wildman–Crippen MR) is 141 cm³/mol. The van der Waals surface area contributed by atoms with E-state index in [9.17, 15) is 28.1 Å². The number of fused-ring (bicyclic) bond motifs is 1. The van der Waals surface area contributed by atoms with Crippen LogP contribution in [0.25, 0.3) is 16.5 Å². The van der Waals surface area contributed by atoms with Crippen molar-refractivity contribution in [2.75, 3.05) is 11.9 Å². The molecule has 2 aromatic carbocycles. The van der Waals surface area contributed by atoms with Gasteiger partial charge in [-0.05, 0) is 87.4 Å². The third kappa shape index (κ3) is 6.18. The number of nitro groups is 1. The Bertz CT molecular complexity index is 1470. The summed E-state index contributed by atoms with van der Waals surface area (Å²) in [6.07, 6.45) is -0.758. The van der Waals surface area contributed by atoms with Crippen LogP contribution in [0, 0.1) is 29.9 Å². The summed E-state index contributed by atoms with van der Waals surface area (Å²) in [7, 11) is 0. The highest BCUT2D eigenvalue weighted by Crippen LogP contribution is 2.37. The Morgan fingerprint density at radius 1 is 1.21 bits per heavy atom. The van der Waals surface area contributed by atoms with Crippen molar-refractivity contribution < 1.29 is 27.6 Å². The Morgan fingerprint density at radius 3 is 2.56 bits per heavy atom. The number of esters is 1. The van der Waals surface area contributed by atoms with Crippen LogP contribution in [0.15, 0.2) is 36.4 Å². The van der Waals surface area contributed by atoms with Gasteiger partial charge in [0.1, 0.15) is 11.6 Å². The zero-order valence-electron chi connectivity index (χ0n) is 22.1. The standard InChI is InChI=1S/C28H29F3N4O4/c1-5-39-27(36)19-8-6-18(7-9-19)21-10-15(2)25-24(13-21)26(34-17(4)33-25)32-16(3)20-11-22(28(29,30)31)14-23(12-20)35(37)38/h6,10-14,16,19H,5,7-9H2,1-4H3,(H,32,33,34)/t16-,19?/m1/s1. The quantitative estimate of drug-likeness (QED) is 0.193. The van der Waals surface area contributed by atoms with Crippen molar-refractivity contribution in [2.45, 2.75) is 59.2 Å². The first-order chi connectivity index (χ1) is 18.4. The van der Waals surface area contributed by atoms with E-state index in [-0.39, 0.29) is 17.5 Å². The number of rotatable bonds is 7. The molecule has 0 fully saturated rings. The minimum Gasteiger partial charge on any atom is -0.466 e. The van der Waals surface area contributed by atoms with Gasteiger partial charge in [0.2, 0.25) is 0 Å². The molecule has 206 valence electrons. The molecule has 4 rings (SSSR count). The molecule has 39 heavy (non-hydrogen) atoms. The molecule has 0 amide bonds. The molecule has 3 aromatic rings. The van der Waals surface area contributed by atoms with E-state index in [4.69, 9.17) is 4.74 Å². The smallest absolute Gasteiger partial charge is 0.416 e. The number of anilines is 1. The van der Waals surface area contributed by atoms with Crippen molar-refractivity contribution in [2.24, 2.45) is 5.92 Å². The molecule has 11 heteroatoms. The zero-order valence-corrected chi connectivity index (χ0v) is 22.1. The number of nitrogens with zero attached hydrogens (tertiary/aromatic N) is 3. The summed E-state index contributed by atoms with van der Waals surface area (Å²) in [5, 5.41) is 15.2. The van der Waals surface area contributed by atoms with Gasteiger partial charge in [-0.15, -0.1) is 0 Å². The lowest BCUT2D eigenvalue weighted by Crippen LogP contribution is -2.19. The van der Waals surface area contributed by atoms with Crippen LogP contribution in [-0.2, 0) is 15.7 Å². The summed E-state index contributed by atoms with van der Waals surface area (Å²) < 4.78 is 45.5. The fourth-order valence-corrected chi connectivity index (χ4v) is 4.83. The summed E-state index contributed by atoms with van der Waals surface area (Å²) in [5.41, 5.74) is 1.99. The van der Waals surface area contributed by atoms with Gasteiger partial charge >= 0.3 is 12.1 Å². The maximum Gasteiger partial charge on any atom is 0.416 e. The highest BCUT2D eigenvalue weighted by molar-refractivity contribution is 5.94. The Kier molecular flexibility index (Phi) is 7.89. The predicted octanol–water partition coefficient (Wildman–Crippen LogP) is 7.09. The number of aryl methyl sites for hydroxylation is 2. The van der Waals surface area contributed by atoms with Gasteiger partial charge < -0.3 is 10.1 Å². The maximum atomic E-state index is 13.4. The Balaban J connectivity index is 1.71. The monoisotopic (exact) mass is 542 g/mol. The molecule has 1 N–H and O–H groups in total. The number of carbonyl (C=O) groups is 1. The van der Waals surface area contributed by atoms with Gasteiger partial charge in [0, 0.05) is 17.5 Å². The van der Waals surface area contributed by atoms with Gasteiger partial charge in [-0.3, -0.25) is 14.9 Å². The van der Waals surface area contributed by atoms with Crippen molar-refractivity contribution in [3.63, 3.8) is 0 Å². The molecule has 0 radical (unpaired) electrons. The fourth-order valence-electron chi connectivity index (χ4n) is 4.83. The molecule has 1 unspecified atom stereocenters. The third-order valence-electron chi connectivity index (χ3n) is 6.84. The lowest BCUT2D eigenvalue weighted by atomic mass is 9.86. The minimum absolute atomic E-state index is 0.105. The third-order valence-corrected chi connectivity index (χ3v) is 6.84. The van der Waals surface area contributed by atoms with Crippen molar-refractivity contribution in [1.29, 1.82) is 0 Å². The number of halogens is 3. The number of alkyl halides is 3. The summed E-state index contributed by atoms with van der Waals surface area (Å²) in [6.45, 7) is 7.39. The Morgan fingerprint density at radius 2 is 1.95 bits per heavy atom. The van der Waals surface area contributed by atoms with Crippen molar-refractivity contribution in [3.8, 4) is 0 Å². The second-order valence-electron chi connectivity index (χ2n) is 9.70. The van der Waals surface area contributed by atoms with Crippen LogP contribution >= 0.6 is 0 Å². The van der Waals surface area contributed by atoms with Gasteiger partial charge in [-0.2, -0.15) is 13.2 Å². The van der Waals surface area contributed by atoms with E-state index in [1.165, 1.54) is 0 Å². The van der Waals surface area contributed by atoms with Crippen LogP contribution in [0.2, 0.25) is 0 Å². The average Bonchev–Trinajstić information content (AvgIpc) is 2.88. The van der Waals surface area contributed by atoms with Gasteiger partial charge in [-0.25, -0.2) is 9.97 Å². The first kappa shape index (κ1) is 28.0. The molecule has 1 aromatic heterocycles. The van der Waals surface area contributed by atoms with E-state index in [0.717, 1.165) is 28.8 Å². The molecular formula is C28H29F3N4O4. The lowest BCUT2D eigenvalue weighted by Gasteiger charge is -2.22.